The zero-order chi connectivity index (χ0) is 10.8. The molecule has 0 aliphatic rings. The molecule has 0 aromatic heterocycles. The summed E-state index contributed by atoms with van der Waals surface area (Å²) in [5.74, 6) is 0.258. The van der Waals surface area contributed by atoms with Gasteiger partial charge in [-0.15, -0.1) is 0 Å². The summed E-state index contributed by atoms with van der Waals surface area (Å²) in [5.41, 5.74) is 0.539. The van der Waals surface area contributed by atoms with Gasteiger partial charge >= 0.3 is 0 Å². The summed E-state index contributed by atoms with van der Waals surface area (Å²) in [6.07, 6.45) is 0. The van der Waals surface area contributed by atoms with Crippen LogP contribution in [0.5, 0.6) is 5.75 Å². The van der Waals surface area contributed by atoms with Crippen LogP contribution in [0.25, 0.3) is 0 Å². The van der Waals surface area contributed by atoms with Gasteiger partial charge < -0.3 is 4.74 Å². The van der Waals surface area contributed by atoms with Gasteiger partial charge in [-0.3, -0.25) is 0 Å². The lowest BCUT2D eigenvalue weighted by Gasteiger charge is -2.08. The molecule has 14 heavy (non-hydrogen) atoms. The summed E-state index contributed by atoms with van der Waals surface area (Å²) in [4.78, 5) is 0. The Bertz CT molecular complexity index is 430. The molecule has 0 saturated carbocycles. The molecule has 0 saturated heterocycles. The highest BCUT2D eigenvalue weighted by Gasteiger charge is 2.13. The average molecular weight is 300 g/mol. The largest absolute Gasteiger partial charge is 0.495 e. The maximum atomic E-state index is 10.9. The first kappa shape index (κ1) is 11.8. The van der Waals surface area contributed by atoms with Crippen LogP contribution < -0.4 is 4.74 Å². The first-order valence-corrected chi connectivity index (χ1v) is 6.95. The summed E-state index contributed by atoms with van der Waals surface area (Å²) in [5, 5.41) is 0. The molecule has 1 rings (SSSR count). The van der Waals surface area contributed by atoms with Crippen molar-refractivity contribution in [2.75, 3.05) is 7.11 Å². The normalized spacial score (nSPS) is 11.4. The Morgan fingerprint density at radius 2 is 2.14 bits per heavy atom. The van der Waals surface area contributed by atoms with Crippen LogP contribution >= 0.6 is 26.6 Å². The van der Waals surface area contributed by atoms with Crippen molar-refractivity contribution in [3.63, 3.8) is 0 Å². The van der Waals surface area contributed by atoms with E-state index in [1.54, 1.807) is 18.2 Å². The van der Waals surface area contributed by atoms with Crippen LogP contribution in [0, 0.1) is 0 Å². The van der Waals surface area contributed by atoms with E-state index in [1.165, 1.54) is 7.11 Å². The van der Waals surface area contributed by atoms with Crippen molar-refractivity contribution in [2.45, 2.75) is 5.75 Å². The Morgan fingerprint density at radius 1 is 1.50 bits per heavy atom. The van der Waals surface area contributed by atoms with Crippen LogP contribution in [0.4, 0.5) is 0 Å². The summed E-state index contributed by atoms with van der Waals surface area (Å²) < 4.78 is 27.5. The van der Waals surface area contributed by atoms with Gasteiger partial charge in [-0.05, 0) is 22.0 Å². The van der Waals surface area contributed by atoms with Crippen molar-refractivity contribution >= 4 is 35.7 Å². The standard InChI is InChI=1S/C8H8BrClO3S/c1-13-8-6(5-14(10,11)12)3-2-4-7(8)9/h2-4H,5H2,1H3. The van der Waals surface area contributed by atoms with E-state index in [0.717, 1.165) is 0 Å². The molecule has 0 aliphatic heterocycles. The SMILES string of the molecule is COc1c(Br)cccc1CS(=O)(=O)Cl. The van der Waals surface area contributed by atoms with E-state index in [2.05, 4.69) is 15.9 Å². The van der Waals surface area contributed by atoms with Crippen LogP contribution in [-0.2, 0) is 14.8 Å². The predicted molar refractivity (Wildman–Crippen MR) is 59.2 cm³/mol. The molecule has 0 bridgehead atoms. The summed E-state index contributed by atoms with van der Waals surface area (Å²) in [7, 11) is 3.07. The second-order valence-electron chi connectivity index (χ2n) is 2.62. The van der Waals surface area contributed by atoms with Gasteiger partial charge in [-0.2, -0.15) is 0 Å². The minimum Gasteiger partial charge on any atom is -0.495 e. The maximum Gasteiger partial charge on any atom is 0.236 e. The lowest BCUT2D eigenvalue weighted by molar-refractivity contribution is 0.408. The Morgan fingerprint density at radius 3 is 2.64 bits per heavy atom. The summed E-state index contributed by atoms with van der Waals surface area (Å²) in [6.45, 7) is 0. The summed E-state index contributed by atoms with van der Waals surface area (Å²) in [6, 6.07) is 5.15. The van der Waals surface area contributed by atoms with Gasteiger partial charge in [0.25, 0.3) is 0 Å². The Labute approximate surface area is 95.6 Å². The molecule has 0 radical (unpaired) electrons. The fourth-order valence-electron chi connectivity index (χ4n) is 1.08. The molecule has 0 atom stereocenters. The molecule has 0 N–H and O–H groups in total. The Kier molecular flexibility index (Phi) is 3.80. The van der Waals surface area contributed by atoms with Crippen molar-refractivity contribution < 1.29 is 13.2 Å². The number of benzene rings is 1. The molecule has 0 heterocycles. The lowest BCUT2D eigenvalue weighted by Crippen LogP contribution is -1.98. The van der Waals surface area contributed by atoms with Gasteiger partial charge in [0, 0.05) is 16.2 Å². The van der Waals surface area contributed by atoms with E-state index >= 15 is 0 Å². The van der Waals surface area contributed by atoms with Gasteiger partial charge in [-0.25, -0.2) is 8.42 Å². The molecular weight excluding hydrogens is 292 g/mol. The lowest BCUT2D eigenvalue weighted by atomic mass is 10.2. The van der Waals surface area contributed by atoms with Crippen LogP contribution in [0.3, 0.4) is 0 Å². The smallest absolute Gasteiger partial charge is 0.236 e. The zero-order valence-electron chi connectivity index (χ0n) is 7.33. The van der Waals surface area contributed by atoms with E-state index in [-0.39, 0.29) is 5.75 Å². The van der Waals surface area contributed by atoms with Crippen molar-refractivity contribution in [3.8, 4) is 5.75 Å². The molecule has 78 valence electrons. The van der Waals surface area contributed by atoms with Gasteiger partial charge in [0.05, 0.1) is 17.3 Å². The molecule has 1 aromatic rings. The fraction of sp³-hybridized carbons (Fsp3) is 0.250. The van der Waals surface area contributed by atoms with Crippen LogP contribution in [-0.4, -0.2) is 15.5 Å². The molecule has 0 spiro atoms. The van der Waals surface area contributed by atoms with Crippen LogP contribution in [0.1, 0.15) is 5.56 Å². The quantitative estimate of drug-likeness (QED) is 0.806. The highest BCUT2D eigenvalue weighted by molar-refractivity contribution is 9.10. The molecule has 1 aromatic carbocycles. The van der Waals surface area contributed by atoms with Crippen LogP contribution in [0.2, 0.25) is 0 Å². The monoisotopic (exact) mass is 298 g/mol. The second-order valence-corrected chi connectivity index (χ2v) is 6.25. The molecule has 0 unspecified atom stereocenters. The highest BCUT2D eigenvalue weighted by Crippen LogP contribution is 2.30. The van der Waals surface area contributed by atoms with E-state index in [0.29, 0.717) is 15.8 Å². The van der Waals surface area contributed by atoms with Gasteiger partial charge in [0.15, 0.2) is 0 Å². The third-order valence-electron chi connectivity index (χ3n) is 1.58. The first-order valence-electron chi connectivity index (χ1n) is 3.68. The van der Waals surface area contributed by atoms with Gasteiger partial charge in [0.2, 0.25) is 9.05 Å². The van der Waals surface area contributed by atoms with Gasteiger partial charge in [-0.1, -0.05) is 12.1 Å². The third-order valence-corrected chi connectivity index (χ3v) is 3.19. The number of methoxy groups -OCH3 is 1. The van der Waals surface area contributed by atoms with Crippen molar-refractivity contribution in [3.05, 3.63) is 28.2 Å². The van der Waals surface area contributed by atoms with E-state index in [9.17, 15) is 8.42 Å². The third kappa shape index (κ3) is 3.15. The zero-order valence-corrected chi connectivity index (χ0v) is 10.5. The molecule has 3 nitrogen and oxygen atoms in total. The molecule has 0 amide bonds. The minimum absolute atomic E-state index is 0.239. The number of hydrogen-bond donors (Lipinski definition) is 0. The minimum atomic E-state index is -3.56. The van der Waals surface area contributed by atoms with E-state index < -0.39 is 9.05 Å². The molecule has 6 heteroatoms. The predicted octanol–water partition coefficient (Wildman–Crippen LogP) is 2.53. The molecular formula is C8H8BrClO3S. The van der Waals surface area contributed by atoms with Gasteiger partial charge in [0.1, 0.15) is 5.75 Å². The number of ether oxygens (including phenoxy) is 1. The average Bonchev–Trinajstić information content (AvgIpc) is 2.01. The first-order chi connectivity index (χ1) is 6.44. The Hall–Kier alpha value is -0.260. The van der Waals surface area contributed by atoms with Crippen molar-refractivity contribution in [2.24, 2.45) is 0 Å². The highest BCUT2D eigenvalue weighted by atomic mass is 79.9. The Balaban J connectivity index is 3.15. The van der Waals surface area contributed by atoms with E-state index in [4.69, 9.17) is 15.4 Å². The number of halogens is 2. The van der Waals surface area contributed by atoms with E-state index in [1.807, 2.05) is 0 Å². The number of para-hydroxylation sites is 1. The fourth-order valence-corrected chi connectivity index (χ4v) is 2.60. The number of rotatable bonds is 3. The maximum absolute atomic E-state index is 10.9. The number of hydrogen-bond acceptors (Lipinski definition) is 3. The molecule has 0 fully saturated rings. The topological polar surface area (TPSA) is 43.4 Å². The van der Waals surface area contributed by atoms with Crippen LogP contribution in [0.15, 0.2) is 22.7 Å². The molecule has 0 aliphatic carbocycles. The van der Waals surface area contributed by atoms with Crippen molar-refractivity contribution in [1.29, 1.82) is 0 Å². The summed E-state index contributed by atoms with van der Waals surface area (Å²) >= 11 is 3.25. The second kappa shape index (κ2) is 4.51. The van der Waals surface area contributed by atoms with Crippen molar-refractivity contribution in [1.82, 2.24) is 0 Å².